The van der Waals surface area contributed by atoms with Crippen molar-refractivity contribution in [2.24, 2.45) is 5.10 Å². The van der Waals surface area contributed by atoms with E-state index in [9.17, 15) is 17.6 Å². The maximum absolute atomic E-state index is 13.9. The number of aryl methyl sites for hydroxylation is 1. The Labute approximate surface area is 208 Å². The molecule has 1 amide bonds. The van der Waals surface area contributed by atoms with Gasteiger partial charge in [-0.05, 0) is 43.3 Å². The van der Waals surface area contributed by atoms with E-state index in [4.69, 9.17) is 21.1 Å². The molecule has 1 N–H and O–H groups in total. The number of benzene rings is 3. The van der Waals surface area contributed by atoms with Crippen molar-refractivity contribution in [3.8, 4) is 11.5 Å². The van der Waals surface area contributed by atoms with E-state index in [2.05, 4.69) is 10.5 Å². The number of ether oxygens (including phenoxy) is 2. The van der Waals surface area contributed by atoms with Crippen LogP contribution in [0.25, 0.3) is 0 Å². The maximum Gasteiger partial charge on any atom is 0.264 e. The monoisotopic (exact) mass is 519 g/mol. The third-order valence-electron chi connectivity index (χ3n) is 4.93. The fourth-order valence-electron chi connectivity index (χ4n) is 3.10. The molecule has 0 saturated carbocycles. The van der Waals surface area contributed by atoms with Crippen LogP contribution < -0.4 is 19.2 Å². The topological polar surface area (TPSA) is 97.3 Å². The normalized spacial score (nSPS) is 11.3. The quantitative estimate of drug-likeness (QED) is 0.338. The van der Waals surface area contributed by atoms with Gasteiger partial charge in [0.25, 0.3) is 15.9 Å². The number of methoxy groups -OCH3 is 2. The zero-order chi connectivity index (χ0) is 25.6. The van der Waals surface area contributed by atoms with Crippen LogP contribution in [0.2, 0.25) is 5.02 Å². The molecule has 0 heterocycles. The average molecular weight is 520 g/mol. The van der Waals surface area contributed by atoms with Gasteiger partial charge in [0, 0.05) is 11.6 Å². The SMILES string of the molecule is COc1ccc(OC)c(N(CC(=O)N/N=C\c2c(F)cccc2Cl)S(=O)(=O)c2ccc(C)cc2)c1. The van der Waals surface area contributed by atoms with Crippen LogP contribution in [-0.4, -0.2) is 41.3 Å². The van der Waals surface area contributed by atoms with Gasteiger partial charge < -0.3 is 9.47 Å². The molecule has 0 aromatic heterocycles. The summed E-state index contributed by atoms with van der Waals surface area (Å²) < 4.78 is 52.5. The molecule has 3 aromatic rings. The standard InChI is InChI=1S/C24H23ClFN3O5S/c1-16-7-10-18(11-8-16)35(31,32)29(22-13-17(33-2)9-12-23(22)34-3)15-24(30)28-27-14-19-20(25)5-4-6-21(19)26/h4-14H,15H2,1-3H3,(H,28,30)/b27-14-. The van der Waals surface area contributed by atoms with Crippen LogP contribution in [0.3, 0.4) is 0 Å². The van der Waals surface area contributed by atoms with Crippen LogP contribution in [0.1, 0.15) is 11.1 Å². The van der Waals surface area contributed by atoms with E-state index in [1.165, 1.54) is 56.7 Å². The first-order valence-electron chi connectivity index (χ1n) is 10.2. The maximum atomic E-state index is 13.9. The highest BCUT2D eigenvalue weighted by molar-refractivity contribution is 7.92. The molecular weight excluding hydrogens is 497 g/mol. The zero-order valence-corrected chi connectivity index (χ0v) is 20.7. The summed E-state index contributed by atoms with van der Waals surface area (Å²) in [5.41, 5.74) is 3.15. The van der Waals surface area contributed by atoms with E-state index >= 15 is 0 Å². The summed E-state index contributed by atoms with van der Waals surface area (Å²) in [5, 5.41) is 3.83. The lowest BCUT2D eigenvalue weighted by Gasteiger charge is -2.25. The van der Waals surface area contributed by atoms with Gasteiger partial charge in [-0.2, -0.15) is 5.10 Å². The second-order valence-corrected chi connectivity index (χ2v) is 9.56. The Morgan fingerprint density at radius 1 is 1.11 bits per heavy atom. The van der Waals surface area contributed by atoms with Crippen LogP contribution in [0, 0.1) is 12.7 Å². The number of rotatable bonds is 9. The van der Waals surface area contributed by atoms with E-state index in [-0.39, 0.29) is 26.9 Å². The third-order valence-corrected chi connectivity index (χ3v) is 7.04. The Kier molecular flexibility index (Phi) is 8.31. The van der Waals surface area contributed by atoms with Crippen LogP contribution in [0.15, 0.2) is 70.7 Å². The molecule has 0 fully saturated rings. The first-order valence-corrected chi connectivity index (χ1v) is 12.1. The van der Waals surface area contributed by atoms with Gasteiger partial charge in [-0.25, -0.2) is 18.2 Å². The Bertz CT molecular complexity index is 1330. The van der Waals surface area contributed by atoms with Crippen LogP contribution in [0.4, 0.5) is 10.1 Å². The number of anilines is 1. The molecule has 0 aliphatic rings. The summed E-state index contributed by atoms with van der Waals surface area (Å²) in [6.45, 7) is 1.18. The molecule has 0 unspecified atom stereocenters. The summed E-state index contributed by atoms with van der Waals surface area (Å²) in [6, 6.07) is 14.9. The summed E-state index contributed by atoms with van der Waals surface area (Å²) in [5.74, 6) is -0.845. The molecule has 11 heteroatoms. The molecule has 3 rings (SSSR count). The van der Waals surface area contributed by atoms with E-state index < -0.39 is 28.3 Å². The summed E-state index contributed by atoms with van der Waals surface area (Å²) in [7, 11) is -1.40. The summed E-state index contributed by atoms with van der Waals surface area (Å²) in [4.78, 5) is 12.7. The first kappa shape index (κ1) is 26.0. The van der Waals surface area contributed by atoms with Gasteiger partial charge in [0.05, 0.1) is 36.0 Å². The van der Waals surface area contributed by atoms with Crippen LogP contribution >= 0.6 is 11.6 Å². The third kappa shape index (κ3) is 6.09. The average Bonchev–Trinajstić information content (AvgIpc) is 2.84. The van der Waals surface area contributed by atoms with E-state index in [0.29, 0.717) is 5.75 Å². The van der Waals surface area contributed by atoms with Crippen molar-refractivity contribution >= 4 is 39.4 Å². The lowest BCUT2D eigenvalue weighted by Crippen LogP contribution is -2.39. The van der Waals surface area contributed by atoms with Gasteiger partial charge in [-0.15, -0.1) is 0 Å². The Morgan fingerprint density at radius 3 is 2.46 bits per heavy atom. The van der Waals surface area contributed by atoms with Crippen LogP contribution in [0.5, 0.6) is 11.5 Å². The molecule has 35 heavy (non-hydrogen) atoms. The second-order valence-electron chi connectivity index (χ2n) is 7.29. The van der Waals surface area contributed by atoms with Crippen molar-refractivity contribution in [2.75, 3.05) is 25.1 Å². The molecule has 8 nitrogen and oxygen atoms in total. The largest absolute Gasteiger partial charge is 0.497 e. The van der Waals surface area contributed by atoms with Gasteiger partial charge in [-0.3, -0.25) is 9.10 Å². The minimum atomic E-state index is -4.21. The lowest BCUT2D eigenvalue weighted by atomic mass is 10.2. The number of sulfonamides is 1. The minimum Gasteiger partial charge on any atom is -0.497 e. The summed E-state index contributed by atoms with van der Waals surface area (Å²) >= 11 is 5.95. The zero-order valence-electron chi connectivity index (χ0n) is 19.2. The molecule has 184 valence electrons. The molecule has 0 aliphatic carbocycles. The van der Waals surface area contributed by atoms with Crippen molar-refractivity contribution in [2.45, 2.75) is 11.8 Å². The predicted octanol–water partition coefficient (Wildman–Crippen LogP) is 4.15. The molecule has 0 bridgehead atoms. The Morgan fingerprint density at radius 2 is 1.83 bits per heavy atom. The van der Waals surface area contributed by atoms with Crippen molar-refractivity contribution in [1.29, 1.82) is 0 Å². The van der Waals surface area contributed by atoms with E-state index in [1.54, 1.807) is 18.2 Å². The van der Waals surface area contributed by atoms with Crippen molar-refractivity contribution < 1.29 is 27.1 Å². The van der Waals surface area contributed by atoms with E-state index in [1.807, 2.05) is 6.92 Å². The van der Waals surface area contributed by atoms with Gasteiger partial charge in [-0.1, -0.05) is 35.4 Å². The fraction of sp³-hybridized carbons (Fsp3) is 0.167. The smallest absolute Gasteiger partial charge is 0.264 e. The molecule has 0 saturated heterocycles. The van der Waals surface area contributed by atoms with Gasteiger partial charge >= 0.3 is 0 Å². The molecule has 0 radical (unpaired) electrons. The molecular formula is C24H23ClFN3O5S. The first-order chi connectivity index (χ1) is 16.7. The van der Waals surface area contributed by atoms with Crippen LogP contribution in [-0.2, 0) is 14.8 Å². The molecule has 0 spiro atoms. The Hall–Kier alpha value is -3.63. The van der Waals surface area contributed by atoms with Crippen molar-refractivity contribution in [3.05, 3.63) is 82.6 Å². The number of carbonyl (C=O) groups excluding carboxylic acids is 1. The van der Waals surface area contributed by atoms with E-state index in [0.717, 1.165) is 16.1 Å². The minimum absolute atomic E-state index is 0.0203. The predicted molar refractivity (Wildman–Crippen MR) is 132 cm³/mol. The number of carbonyl (C=O) groups is 1. The number of amides is 1. The van der Waals surface area contributed by atoms with Gasteiger partial charge in [0.15, 0.2) is 0 Å². The number of hydrogen-bond acceptors (Lipinski definition) is 6. The number of halogens is 2. The number of nitrogens with zero attached hydrogens (tertiary/aromatic N) is 2. The molecule has 0 atom stereocenters. The highest BCUT2D eigenvalue weighted by Crippen LogP contribution is 2.35. The summed E-state index contributed by atoms with van der Waals surface area (Å²) in [6.07, 6.45) is 1.04. The molecule has 3 aromatic carbocycles. The Balaban J connectivity index is 1.97. The highest BCUT2D eigenvalue weighted by Gasteiger charge is 2.30. The number of hydrazone groups is 1. The highest BCUT2D eigenvalue weighted by atomic mass is 35.5. The number of nitrogens with one attached hydrogen (secondary N) is 1. The van der Waals surface area contributed by atoms with Gasteiger partial charge in [0.1, 0.15) is 23.9 Å². The molecule has 0 aliphatic heterocycles. The number of hydrogen-bond donors (Lipinski definition) is 1. The lowest BCUT2D eigenvalue weighted by molar-refractivity contribution is -0.119. The van der Waals surface area contributed by atoms with Crippen molar-refractivity contribution in [3.63, 3.8) is 0 Å². The van der Waals surface area contributed by atoms with Crippen molar-refractivity contribution in [1.82, 2.24) is 5.43 Å². The fourth-order valence-corrected chi connectivity index (χ4v) is 4.73. The second kappa shape index (κ2) is 11.2. The van der Waals surface area contributed by atoms with Gasteiger partial charge in [0.2, 0.25) is 0 Å².